The predicted molar refractivity (Wildman–Crippen MR) is 99.8 cm³/mol. The Morgan fingerprint density at radius 2 is 2.08 bits per heavy atom. The molecule has 1 aliphatic rings. The zero-order valence-corrected chi connectivity index (χ0v) is 16.7. The van der Waals surface area contributed by atoms with Gasteiger partial charge in [0.1, 0.15) is 10.4 Å². The Morgan fingerprint density at radius 3 is 2.69 bits per heavy atom. The van der Waals surface area contributed by atoms with E-state index in [0.717, 1.165) is 47.7 Å². The van der Waals surface area contributed by atoms with Gasteiger partial charge in [-0.25, -0.2) is 4.98 Å². The zero-order valence-electron chi connectivity index (χ0n) is 15.1. The lowest BCUT2D eigenvalue weighted by molar-refractivity contribution is -0.131. The first-order valence-corrected chi connectivity index (χ1v) is 10.3. The molecule has 2 aromatic heterocycles. The summed E-state index contributed by atoms with van der Waals surface area (Å²) in [5, 5.41) is 19.0. The van der Waals surface area contributed by atoms with E-state index in [1.165, 1.54) is 23.1 Å². The highest BCUT2D eigenvalue weighted by molar-refractivity contribution is 7.99. The minimum Gasteiger partial charge on any atom is -0.410 e. The lowest BCUT2D eigenvalue weighted by Gasteiger charge is -2.38. The van der Waals surface area contributed by atoms with Crippen molar-refractivity contribution in [2.45, 2.75) is 56.7 Å². The molecule has 2 aromatic rings. The quantitative estimate of drug-likeness (QED) is 0.719. The van der Waals surface area contributed by atoms with Crippen molar-refractivity contribution in [2.75, 3.05) is 12.8 Å². The van der Waals surface area contributed by atoms with Crippen LogP contribution in [-0.2, 0) is 4.79 Å². The van der Waals surface area contributed by atoms with Gasteiger partial charge in [0, 0.05) is 7.05 Å². The molecule has 9 heteroatoms. The lowest BCUT2D eigenvalue weighted by Crippen LogP contribution is -2.50. The number of hydrogen-bond donors (Lipinski definition) is 0. The molecule has 0 aliphatic heterocycles. The van der Waals surface area contributed by atoms with Crippen molar-refractivity contribution in [2.24, 2.45) is 0 Å². The fourth-order valence-electron chi connectivity index (χ4n) is 3.21. The Bertz CT molecular complexity index is 833. The Labute approximate surface area is 160 Å². The molecule has 2 heterocycles. The standard InChI is InChI=1S/C17H21N5O2S2/c1-11-14(26-12(2)19-11)15-20-21-16(24-15)25-9-13(23)22(3)17(10-18)7-5-4-6-8-17/h4-9H2,1-3H3. The van der Waals surface area contributed by atoms with E-state index in [1.54, 1.807) is 11.9 Å². The Balaban J connectivity index is 1.63. The van der Waals surface area contributed by atoms with E-state index in [0.29, 0.717) is 11.1 Å². The molecule has 0 radical (unpaired) electrons. The second-order valence-electron chi connectivity index (χ2n) is 6.47. The third kappa shape index (κ3) is 3.76. The summed E-state index contributed by atoms with van der Waals surface area (Å²) in [6, 6.07) is 2.37. The molecule has 26 heavy (non-hydrogen) atoms. The number of aromatic nitrogens is 3. The van der Waals surface area contributed by atoms with Gasteiger partial charge < -0.3 is 9.32 Å². The van der Waals surface area contributed by atoms with E-state index in [4.69, 9.17) is 4.42 Å². The molecule has 1 amide bonds. The van der Waals surface area contributed by atoms with Gasteiger partial charge in [0.25, 0.3) is 11.1 Å². The molecule has 138 valence electrons. The molecular formula is C17H21N5O2S2. The average Bonchev–Trinajstić information content (AvgIpc) is 3.25. The summed E-state index contributed by atoms with van der Waals surface area (Å²) >= 11 is 2.70. The average molecular weight is 392 g/mol. The van der Waals surface area contributed by atoms with Crippen LogP contribution in [-0.4, -0.2) is 44.3 Å². The Hall–Kier alpha value is -1.92. The molecule has 0 spiro atoms. The van der Waals surface area contributed by atoms with Crippen LogP contribution >= 0.6 is 23.1 Å². The van der Waals surface area contributed by atoms with Gasteiger partial charge in [0.15, 0.2) is 0 Å². The molecule has 3 rings (SSSR count). The number of thioether (sulfide) groups is 1. The first-order valence-electron chi connectivity index (χ1n) is 8.54. The summed E-state index contributed by atoms with van der Waals surface area (Å²) in [4.78, 5) is 19.4. The van der Waals surface area contributed by atoms with Gasteiger partial charge in [-0.3, -0.25) is 4.79 Å². The van der Waals surface area contributed by atoms with Crippen LogP contribution in [0, 0.1) is 25.2 Å². The Kier molecular flexibility index (Phi) is 5.63. The lowest BCUT2D eigenvalue weighted by atomic mass is 9.81. The molecule has 0 bridgehead atoms. The van der Waals surface area contributed by atoms with Crippen molar-refractivity contribution in [1.82, 2.24) is 20.1 Å². The second kappa shape index (κ2) is 7.76. The molecule has 0 saturated heterocycles. The largest absolute Gasteiger partial charge is 0.410 e. The molecule has 1 aliphatic carbocycles. The van der Waals surface area contributed by atoms with E-state index >= 15 is 0 Å². The molecule has 7 nitrogen and oxygen atoms in total. The van der Waals surface area contributed by atoms with Gasteiger partial charge >= 0.3 is 0 Å². The van der Waals surface area contributed by atoms with Gasteiger partial charge in [-0.05, 0) is 26.7 Å². The summed E-state index contributed by atoms with van der Waals surface area (Å²) in [6.07, 6.45) is 4.58. The third-order valence-corrected chi connectivity index (χ3v) is 6.59. The molecule has 0 atom stereocenters. The summed E-state index contributed by atoms with van der Waals surface area (Å²) < 4.78 is 5.67. The summed E-state index contributed by atoms with van der Waals surface area (Å²) in [5.41, 5.74) is 0.185. The van der Waals surface area contributed by atoms with E-state index in [2.05, 4.69) is 21.3 Å². The molecule has 0 aromatic carbocycles. The van der Waals surface area contributed by atoms with Gasteiger partial charge in [0.2, 0.25) is 5.91 Å². The van der Waals surface area contributed by atoms with Crippen LogP contribution in [0.25, 0.3) is 10.8 Å². The van der Waals surface area contributed by atoms with Crippen molar-refractivity contribution in [3.05, 3.63) is 10.7 Å². The number of carbonyl (C=O) groups is 1. The van der Waals surface area contributed by atoms with Crippen LogP contribution in [0.4, 0.5) is 0 Å². The monoisotopic (exact) mass is 391 g/mol. The fraction of sp³-hybridized carbons (Fsp3) is 0.588. The SMILES string of the molecule is Cc1nc(C)c(-c2nnc(SCC(=O)N(C)C3(C#N)CCCCC3)o2)s1. The maximum atomic E-state index is 12.6. The molecule has 0 unspecified atom stereocenters. The van der Waals surface area contributed by atoms with Crippen LogP contribution in [0.1, 0.15) is 42.8 Å². The van der Waals surface area contributed by atoms with Gasteiger partial charge in [0.05, 0.1) is 22.5 Å². The predicted octanol–water partition coefficient (Wildman–Crippen LogP) is 3.59. The number of hydrogen-bond acceptors (Lipinski definition) is 8. The number of thiazole rings is 1. The summed E-state index contributed by atoms with van der Waals surface area (Å²) in [5.74, 6) is 0.502. The highest BCUT2D eigenvalue weighted by Gasteiger charge is 2.38. The van der Waals surface area contributed by atoms with Gasteiger partial charge in [-0.1, -0.05) is 31.0 Å². The van der Waals surface area contributed by atoms with Crippen LogP contribution < -0.4 is 0 Å². The van der Waals surface area contributed by atoms with E-state index in [-0.39, 0.29) is 11.7 Å². The van der Waals surface area contributed by atoms with E-state index in [1.807, 2.05) is 13.8 Å². The van der Waals surface area contributed by atoms with Crippen molar-refractivity contribution in [3.8, 4) is 16.8 Å². The maximum absolute atomic E-state index is 12.6. The number of carbonyl (C=O) groups excluding carboxylic acids is 1. The maximum Gasteiger partial charge on any atom is 0.277 e. The van der Waals surface area contributed by atoms with E-state index in [9.17, 15) is 10.1 Å². The van der Waals surface area contributed by atoms with Crippen LogP contribution in [0.3, 0.4) is 0 Å². The number of nitriles is 1. The highest BCUT2D eigenvalue weighted by atomic mass is 32.2. The minimum absolute atomic E-state index is 0.0944. The van der Waals surface area contributed by atoms with Gasteiger partial charge in [-0.15, -0.1) is 21.5 Å². The minimum atomic E-state index is -0.673. The van der Waals surface area contributed by atoms with Crippen molar-refractivity contribution in [1.29, 1.82) is 5.26 Å². The number of rotatable bonds is 5. The molecule has 1 saturated carbocycles. The summed E-state index contributed by atoms with van der Waals surface area (Å²) in [7, 11) is 1.72. The number of aryl methyl sites for hydroxylation is 2. The topological polar surface area (TPSA) is 95.9 Å². The highest BCUT2D eigenvalue weighted by Crippen LogP contribution is 2.34. The fourth-order valence-corrected chi connectivity index (χ4v) is 4.73. The van der Waals surface area contributed by atoms with Crippen LogP contribution in [0.15, 0.2) is 9.64 Å². The molecule has 0 N–H and O–H groups in total. The van der Waals surface area contributed by atoms with Crippen molar-refractivity contribution < 1.29 is 9.21 Å². The Morgan fingerprint density at radius 1 is 1.35 bits per heavy atom. The van der Waals surface area contributed by atoms with Crippen LogP contribution in [0.5, 0.6) is 0 Å². The van der Waals surface area contributed by atoms with E-state index < -0.39 is 5.54 Å². The normalized spacial score (nSPS) is 16.2. The first kappa shape index (κ1) is 18.9. The zero-order chi connectivity index (χ0) is 18.7. The first-order chi connectivity index (χ1) is 12.4. The molecular weight excluding hydrogens is 370 g/mol. The second-order valence-corrected chi connectivity index (χ2v) is 8.60. The summed E-state index contributed by atoms with van der Waals surface area (Å²) in [6.45, 7) is 3.83. The van der Waals surface area contributed by atoms with Crippen molar-refractivity contribution in [3.63, 3.8) is 0 Å². The van der Waals surface area contributed by atoms with Crippen LogP contribution in [0.2, 0.25) is 0 Å². The third-order valence-electron chi connectivity index (χ3n) is 4.73. The number of amides is 1. The number of nitrogens with zero attached hydrogens (tertiary/aromatic N) is 5. The van der Waals surface area contributed by atoms with Crippen molar-refractivity contribution >= 4 is 29.0 Å². The van der Waals surface area contributed by atoms with Gasteiger partial charge in [-0.2, -0.15) is 5.26 Å². The smallest absolute Gasteiger partial charge is 0.277 e. The molecule has 1 fully saturated rings.